The summed E-state index contributed by atoms with van der Waals surface area (Å²) in [6, 6.07) is 1.71. The van der Waals surface area contributed by atoms with Crippen LogP contribution in [0.2, 0.25) is 0 Å². The molecule has 0 heterocycles. The maximum Gasteiger partial charge on any atom is 0.298 e. The maximum atomic E-state index is 11.5. The third-order valence-electron chi connectivity index (χ3n) is 2.13. The minimum absolute atomic E-state index is 0.248. The Labute approximate surface area is 98.5 Å². The summed E-state index contributed by atoms with van der Waals surface area (Å²) >= 11 is 0. The maximum absolute atomic E-state index is 11.5. The lowest BCUT2D eigenvalue weighted by Crippen LogP contribution is -2.09. The van der Waals surface area contributed by atoms with Gasteiger partial charge in [0.25, 0.3) is 10.1 Å². The van der Waals surface area contributed by atoms with Crippen molar-refractivity contribution in [3.8, 4) is 5.75 Å². The monoisotopic (exact) mass is 281 g/mol. The molecule has 0 aliphatic carbocycles. The summed E-state index contributed by atoms with van der Waals surface area (Å²) in [7, 11) is -8.32. The Kier molecular flexibility index (Phi) is 3.37. The zero-order valence-electron chi connectivity index (χ0n) is 8.78. The number of sulfone groups is 1. The lowest BCUT2D eigenvalue weighted by atomic mass is 10.3. The molecule has 0 aliphatic rings. The SMILES string of the molecule is CCS(=O)(=O)c1ccc(S(=O)(=O)O)c(O)c1N. The highest BCUT2D eigenvalue weighted by Gasteiger charge is 2.24. The van der Waals surface area contributed by atoms with E-state index >= 15 is 0 Å². The van der Waals surface area contributed by atoms with Crippen LogP contribution in [0.1, 0.15) is 6.92 Å². The smallest absolute Gasteiger partial charge is 0.298 e. The second-order valence-corrected chi connectivity index (χ2v) is 6.84. The zero-order chi connectivity index (χ0) is 13.4. The highest BCUT2D eigenvalue weighted by Crippen LogP contribution is 2.34. The minimum Gasteiger partial charge on any atom is -0.504 e. The summed E-state index contributed by atoms with van der Waals surface area (Å²) in [5, 5.41) is 9.44. The van der Waals surface area contributed by atoms with Crippen molar-refractivity contribution in [2.75, 3.05) is 11.5 Å². The number of rotatable bonds is 3. The molecule has 0 fully saturated rings. The molecule has 0 bridgehead atoms. The van der Waals surface area contributed by atoms with E-state index in [1.165, 1.54) is 6.92 Å². The Morgan fingerprint density at radius 3 is 2.06 bits per heavy atom. The second-order valence-electron chi connectivity index (χ2n) is 3.20. The van der Waals surface area contributed by atoms with Gasteiger partial charge >= 0.3 is 0 Å². The molecule has 96 valence electrons. The number of nitrogens with two attached hydrogens (primary N) is 1. The number of hydrogen-bond donors (Lipinski definition) is 3. The van der Waals surface area contributed by atoms with Crippen LogP contribution < -0.4 is 5.73 Å². The van der Waals surface area contributed by atoms with E-state index in [1.807, 2.05) is 0 Å². The molecule has 1 aromatic carbocycles. The third kappa shape index (κ3) is 2.51. The van der Waals surface area contributed by atoms with Crippen LogP contribution in [0.15, 0.2) is 21.9 Å². The Hall–Kier alpha value is -1.32. The van der Waals surface area contributed by atoms with Gasteiger partial charge in [0.1, 0.15) is 4.90 Å². The summed E-state index contributed by atoms with van der Waals surface area (Å²) < 4.78 is 53.5. The first-order valence-electron chi connectivity index (χ1n) is 4.43. The molecular formula is C8H11NO6S2. The van der Waals surface area contributed by atoms with E-state index in [-0.39, 0.29) is 10.6 Å². The van der Waals surface area contributed by atoms with Crippen LogP contribution in [0.5, 0.6) is 5.75 Å². The van der Waals surface area contributed by atoms with Crippen molar-refractivity contribution in [3.63, 3.8) is 0 Å². The summed E-state index contributed by atoms with van der Waals surface area (Å²) in [5.74, 6) is -1.22. The Balaban J connectivity index is 3.62. The van der Waals surface area contributed by atoms with Crippen LogP contribution in [-0.2, 0) is 20.0 Å². The molecule has 9 heteroatoms. The number of nitrogen functional groups attached to an aromatic ring is 1. The van der Waals surface area contributed by atoms with E-state index in [0.717, 1.165) is 12.1 Å². The van der Waals surface area contributed by atoms with Gasteiger partial charge in [-0.1, -0.05) is 6.92 Å². The largest absolute Gasteiger partial charge is 0.504 e. The molecule has 0 saturated carbocycles. The van der Waals surface area contributed by atoms with Gasteiger partial charge in [0.2, 0.25) is 0 Å². The van der Waals surface area contributed by atoms with E-state index in [0.29, 0.717) is 0 Å². The molecule has 17 heavy (non-hydrogen) atoms. The predicted octanol–water partition coefficient (Wildman–Crippen LogP) is 0.0147. The van der Waals surface area contributed by atoms with Crippen LogP contribution >= 0.6 is 0 Å². The molecule has 1 aromatic rings. The summed E-state index contributed by atoms with van der Waals surface area (Å²) in [4.78, 5) is -1.20. The van der Waals surface area contributed by atoms with Crippen LogP contribution in [0.4, 0.5) is 5.69 Å². The molecule has 0 aliphatic heterocycles. The highest BCUT2D eigenvalue weighted by molar-refractivity contribution is 7.91. The first-order valence-corrected chi connectivity index (χ1v) is 7.52. The van der Waals surface area contributed by atoms with Crippen molar-refractivity contribution >= 4 is 25.6 Å². The molecule has 0 atom stereocenters. The lowest BCUT2D eigenvalue weighted by Gasteiger charge is -2.09. The topological polar surface area (TPSA) is 135 Å². The predicted molar refractivity (Wildman–Crippen MR) is 60.1 cm³/mol. The van der Waals surface area contributed by atoms with Crippen molar-refractivity contribution < 1.29 is 26.5 Å². The van der Waals surface area contributed by atoms with Crippen molar-refractivity contribution in [1.29, 1.82) is 0 Å². The van der Waals surface area contributed by atoms with Gasteiger partial charge in [0.15, 0.2) is 15.6 Å². The zero-order valence-corrected chi connectivity index (χ0v) is 10.4. The van der Waals surface area contributed by atoms with Crippen LogP contribution in [0, 0.1) is 0 Å². The molecule has 0 aromatic heterocycles. The molecule has 1 rings (SSSR count). The minimum atomic E-state index is -4.65. The van der Waals surface area contributed by atoms with E-state index in [4.69, 9.17) is 10.3 Å². The molecule has 7 nitrogen and oxygen atoms in total. The van der Waals surface area contributed by atoms with Crippen molar-refractivity contribution in [2.24, 2.45) is 0 Å². The van der Waals surface area contributed by atoms with Crippen molar-refractivity contribution in [1.82, 2.24) is 0 Å². The van der Waals surface area contributed by atoms with Crippen molar-refractivity contribution in [2.45, 2.75) is 16.7 Å². The number of benzene rings is 1. The fourth-order valence-corrected chi connectivity index (χ4v) is 2.82. The van der Waals surface area contributed by atoms with E-state index in [1.54, 1.807) is 0 Å². The molecular weight excluding hydrogens is 270 g/mol. The van der Waals surface area contributed by atoms with Gasteiger partial charge in [0, 0.05) is 0 Å². The number of phenols is 1. The number of phenolic OH excluding ortho intramolecular Hbond substituents is 1. The van der Waals surface area contributed by atoms with Crippen LogP contribution in [-0.4, -0.2) is 32.2 Å². The highest BCUT2D eigenvalue weighted by atomic mass is 32.2. The van der Waals surface area contributed by atoms with Gasteiger partial charge in [-0.25, -0.2) is 8.42 Å². The first kappa shape index (κ1) is 13.7. The van der Waals surface area contributed by atoms with Gasteiger partial charge in [0.05, 0.1) is 16.3 Å². The molecule has 0 amide bonds. The summed E-state index contributed by atoms with van der Waals surface area (Å²) in [5.41, 5.74) is 4.74. The van der Waals surface area contributed by atoms with E-state index < -0.39 is 36.3 Å². The average Bonchev–Trinajstić information content (AvgIpc) is 2.19. The molecule has 0 radical (unpaired) electrons. The first-order chi connectivity index (χ1) is 7.61. The third-order valence-corrected chi connectivity index (χ3v) is 4.80. The van der Waals surface area contributed by atoms with Gasteiger partial charge in [-0.2, -0.15) is 8.42 Å². The standard InChI is InChI=1S/C8H11NO6S2/c1-2-16(11,12)5-3-4-6(17(13,14)15)8(10)7(5)9/h3-4,10H,2,9H2,1H3,(H,13,14,15). The molecule has 0 unspecified atom stereocenters. The average molecular weight is 281 g/mol. The Morgan fingerprint density at radius 1 is 1.18 bits per heavy atom. The van der Waals surface area contributed by atoms with Gasteiger partial charge in [-0.3, -0.25) is 4.55 Å². The van der Waals surface area contributed by atoms with Gasteiger partial charge in [-0.05, 0) is 12.1 Å². The van der Waals surface area contributed by atoms with E-state index in [9.17, 15) is 21.9 Å². The molecule has 0 spiro atoms. The number of aromatic hydroxyl groups is 1. The fraction of sp³-hybridized carbons (Fsp3) is 0.250. The summed E-state index contributed by atoms with van der Waals surface area (Å²) in [6.07, 6.45) is 0. The molecule has 0 saturated heterocycles. The lowest BCUT2D eigenvalue weighted by molar-refractivity contribution is 0.444. The Morgan fingerprint density at radius 2 is 1.65 bits per heavy atom. The van der Waals surface area contributed by atoms with Gasteiger partial charge < -0.3 is 10.8 Å². The van der Waals surface area contributed by atoms with Crippen LogP contribution in [0.25, 0.3) is 0 Å². The van der Waals surface area contributed by atoms with Gasteiger partial charge in [-0.15, -0.1) is 0 Å². The second kappa shape index (κ2) is 4.17. The van der Waals surface area contributed by atoms with Crippen molar-refractivity contribution in [3.05, 3.63) is 12.1 Å². The van der Waals surface area contributed by atoms with E-state index in [2.05, 4.69) is 0 Å². The summed E-state index contributed by atoms with van der Waals surface area (Å²) in [6.45, 7) is 1.38. The van der Waals surface area contributed by atoms with Crippen LogP contribution in [0.3, 0.4) is 0 Å². The fourth-order valence-electron chi connectivity index (χ4n) is 1.20. The molecule has 4 N–H and O–H groups in total. The normalized spacial score (nSPS) is 12.6. The number of anilines is 1. The Bertz CT molecular complexity index is 647. The number of hydrogen-bond acceptors (Lipinski definition) is 6. The quantitative estimate of drug-likeness (QED) is 0.403.